The summed E-state index contributed by atoms with van der Waals surface area (Å²) in [6, 6.07) is 32.7. The molecule has 0 aliphatic heterocycles. The maximum Gasteiger partial charge on any atom is 0.416 e. The molecule has 2 unspecified atom stereocenters. The zero-order chi connectivity index (χ0) is 33.0. The molecule has 0 saturated carbocycles. The zero-order valence-electron chi connectivity index (χ0n) is 24.8. The molecule has 3 aliphatic carbocycles. The number of nitriles is 4. The molecule has 4 aromatic carbocycles. The van der Waals surface area contributed by atoms with E-state index in [9.17, 15) is 34.2 Å². The molecule has 7 heteroatoms. The van der Waals surface area contributed by atoms with E-state index < -0.39 is 11.7 Å². The van der Waals surface area contributed by atoms with E-state index in [2.05, 4.69) is 12.1 Å². The highest BCUT2D eigenvalue weighted by Crippen LogP contribution is 2.58. The van der Waals surface area contributed by atoms with Crippen LogP contribution < -0.4 is 0 Å². The summed E-state index contributed by atoms with van der Waals surface area (Å²) >= 11 is 0. The van der Waals surface area contributed by atoms with E-state index in [0.717, 1.165) is 51.1 Å². The molecule has 0 heterocycles. The molecule has 2 atom stereocenters. The van der Waals surface area contributed by atoms with Crippen molar-refractivity contribution < 1.29 is 13.2 Å². The predicted octanol–water partition coefficient (Wildman–Crippen LogP) is 9.70. The Kier molecular flexibility index (Phi) is 6.79. The molecule has 7 rings (SSSR count). The number of aryl methyl sites for hydroxylation is 1. The van der Waals surface area contributed by atoms with Gasteiger partial charge in [-0.25, -0.2) is 0 Å². The molecule has 0 spiro atoms. The highest BCUT2D eigenvalue weighted by molar-refractivity contribution is 6.12. The Morgan fingerprint density at radius 1 is 0.574 bits per heavy atom. The van der Waals surface area contributed by atoms with Gasteiger partial charge in [0, 0.05) is 17.4 Å². The predicted molar refractivity (Wildman–Crippen MR) is 172 cm³/mol. The van der Waals surface area contributed by atoms with E-state index in [0.29, 0.717) is 33.4 Å². The molecule has 0 radical (unpaired) electrons. The Morgan fingerprint density at radius 2 is 1.11 bits per heavy atom. The minimum atomic E-state index is -4.46. The van der Waals surface area contributed by atoms with Crippen molar-refractivity contribution in [2.45, 2.75) is 19.0 Å². The van der Waals surface area contributed by atoms with E-state index in [4.69, 9.17) is 0 Å². The number of hydrogen-bond donors (Lipinski definition) is 0. The molecule has 0 bridgehead atoms. The van der Waals surface area contributed by atoms with Gasteiger partial charge in [-0.1, -0.05) is 78.4 Å². The first kappa shape index (κ1) is 29.3. The maximum atomic E-state index is 13.2. The van der Waals surface area contributed by atoms with E-state index in [-0.39, 0.29) is 23.0 Å². The molecular formula is C40H21F3N4. The van der Waals surface area contributed by atoms with Gasteiger partial charge >= 0.3 is 6.18 Å². The highest BCUT2D eigenvalue weighted by atomic mass is 19.4. The molecule has 0 fully saturated rings. The number of nitrogens with zero attached hydrogens (tertiary/aromatic N) is 4. The fraction of sp³-hybridized carbons (Fsp3) is 0.100. The van der Waals surface area contributed by atoms with Gasteiger partial charge < -0.3 is 0 Å². The standard InChI is InChI=1S/C40H21F3N4/c1-22-2-4-23(5-3-22)25-8-12-30-32-16-37-33(17-36(32)38(34(30)14-25)27(18-44)19-45)31-13-9-26(15-35(31)39(37)28(20-46)21-47)24-6-10-29(11-7-24)40(41,42)43/h2-17,32,36H,1H3. The molecule has 4 nitrogen and oxygen atoms in total. The number of rotatable bonds is 2. The fourth-order valence-electron chi connectivity index (χ4n) is 6.95. The SMILES string of the molecule is Cc1ccc(-c2ccc3c(c2)C(=C(C#N)C#N)C2C=C4C(=CC32)C(=C(C#N)C#N)c2cc(-c3ccc(C(F)(F)F)cc3)ccc24)cc1. The third kappa shape index (κ3) is 4.66. The molecule has 0 aromatic heterocycles. The van der Waals surface area contributed by atoms with Crippen LogP contribution >= 0.6 is 0 Å². The molecule has 47 heavy (non-hydrogen) atoms. The Bertz CT molecular complexity index is 2290. The van der Waals surface area contributed by atoms with Gasteiger partial charge in [-0.3, -0.25) is 0 Å². The minimum absolute atomic E-state index is 0.0230. The monoisotopic (exact) mass is 614 g/mol. The summed E-state index contributed by atoms with van der Waals surface area (Å²) < 4.78 is 39.6. The van der Waals surface area contributed by atoms with Crippen LogP contribution in [-0.4, -0.2) is 0 Å². The van der Waals surface area contributed by atoms with Crippen molar-refractivity contribution in [3.63, 3.8) is 0 Å². The van der Waals surface area contributed by atoms with Crippen molar-refractivity contribution >= 4 is 16.7 Å². The number of allylic oxidation sites excluding steroid dienone is 8. The van der Waals surface area contributed by atoms with Gasteiger partial charge in [0.2, 0.25) is 0 Å². The highest BCUT2D eigenvalue weighted by Gasteiger charge is 2.43. The minimum Gasteiger partial charge on any atom is -0.192 e. The first-order valence-electron chi connectivity index (χ1n) is 14.7. The van der Waals surface area contributed by atoms with Crippen LogP contribution in [0.5, 0.6) is 0 Å². The van der Waals surface area contributed by atoms with Crippen LogP contribution in [0.3, 0.4) is 0 Å². The van der Waals surface area contributed by atoms with Crippen LogP contribution in [0.1, 0.15) is 39.3 Å². The Hall–Kier alpha value is -6.41. The summed E-state index contributed by atoms with van der Waals surface area (Å²) in [6.07, 6.45) is -0.421. The zero-order valence-corrected chi connectivity index (χ0v) is 24.8. The van der Waals surface area contributed by atoms with E-state index in [1.165, 1.54) is 12.1 Å². The lowest BCUT2D eigenvalue weighted by molar-refractivity contribution is -0.137. The third-order valence-corrected chi connectivity index (χ3v) is 9.15. The summed E-state index contributed by atoms with van der Waals surface area (Å²) in [6.45, 7) is 2.02. The second-order valence-corrected chi connectivity index (χ2v) is 11.7. The second kappa shape index (κ2) is 10.9. The smallest absolute Gasteiger partial charge is 0.192 e. The van der Waals surface area contributed by atoms with Gasteiger partial charge in [0.25, 0.3) is 0 Å². The van der Waals surface area contributed by atoms with E-state index in [1.807, 2.05) is 79.7 Å². The van der Waals surface area contributed by atoms with Gasteiger partial charge in [-0.15, -0.1) is 0 Å². The molecule has 3 aliphatic rings. The normalized spacial score (nSPS) is 17.0. The van der Waals surface area contributed by atoms with Crippen molar-refractivity contribution in [1.82, 2.24) is 0 Å². The van der Waals surface area contributed by atoms with Crippen LogP contribution in [0.15, 0.2) is 114 Å². The van der Waals surface area contributed by atoms with Crippen molar-refractivity contribution in [3.8, 4) is 46.5 Å². The van der Waals surface area contributed by atoms with Crippen LogP contribution in [0.2, 0.25) is 0 Å². The van der Waals surface area contributed by atoms with Crippen LogP contribution in [-0.2, 0) is 6.18 Å². The van der Waals surface area contributed by atoms with Crippen LogP contribution in [0.4, 0.5) is 13.2 Å². The summed E-state index contributed by atoms with van der Waals surface area (Å²) in [5.41, 5.74) is 9.17. The van der Waals surface area contributed by atoms with Crippen molar-refractivity contribution in [1.29, 1.82) is 21.0 Å². The number of benzene rings is 4. The van der Waals surface area contributed by atoms with E-state index >= 15 is 0 Å². The quantitative estimate of drug-likeness (QED) is 0.210. The molecule has 0 N–H and O–H groups in total. The van der Waals surface area contributed by atoms with Gasteiger partial charge in [-0.2, -0.15) is 34.2 Å². The molecule has 222 valence electrons. The topological polar surface area (TPSA) is 95.2 Å². The first-order chi connectivity index (χ1) is 22.7. The number of alkyl halides is 3. The fourth-order valence-corrected chi connectivity index (χ4v) is 6.95. The molecular weight excluding hydrogens is 593 g/mol. The summed E-state index contributed by atoms with van der Waals surface area (Å²) in [4.78, 5) is 0. The van der Waals surface area contributed by atoms with Crippen LogP contribution in [0, 0.1) is 58.2 Å². The lowest BCUT2D eigenvalue weighted by Gasteiger charge is -2.23. The Morgan fingerprint density at radius 3 is 1.70 bits per heavy atom. The molecule has 0 amide bonds. The number of hydrogen-bond acceptors (Lipinski definition) is 4. The van der Waals surface area contributed by atoms with Crippen molar-refractivity contribution in [2.75, 3.05) is 0 Å². The second-order valence-electron chi connectivity index (χ2n) is 11.7. The maximum absolute atomic E-state index is 13.2. The van der Waals surface area contributed by atoms with Crippen molar-refractivity contribution in [3.05, 3.63) is 147 Å². The Balaban J connectivity index is 1.40. The van der Waals surface area contributed by atoms with Crippen LogP contribution in [0.25, 0.3) is 39.0 Å². The molecule has 0 saturated heterocycles. The lowest BCUT2D eigenvalue weighted by atomic mass is 9.79. The first-order valence-corrected chi connectivity index (χ1v) is 14.7. The van der Waals surface area contributed by atoms with Gasteiger partial charge in [0.05, 0.1) is 5.56 Å². The number of fused-ring (bicyclic) bond motifs is 6. The third-order valence-electron chi connectivity index (χ3n) is 9.15. The summed E-state index contributed by atoms with van der Waals surface area (Å²) in [7, 11) is 0. The van der Waals surface area contributed by atoms with Gasteiger partial charge in [0.15, 0.2) is 0 Å². The number of halogens is 3. The summed E-state index contributed by atoms with van der Waals surface area (Å²) in [5.74, 6) is -0.611. The molecule has 4 aromatic rings. The Labute approximate surface area is 269 Å². The van der Waals surface area contributed by atoms with Gasteiger partial charge in [-0.05, 0) is 92.4 Å². The van der Waals surface area contributed by atoms with Crippen molar-refractivity contribution in [2.24, 2.45) is 5.92 Å². The average Bonchev–Trinajstić information content (AvgIpc) is 3.56. The summed E-state index contributed by atoms with van der Waals surface area (Å²) in [5, 5.41) is 40.1. The van der Waals surface area contributed by atoms with E-state index in [1.54, 1.807) is 12.1 Å². The lowest BCUT2D eigenvalue weighted by Crippen LogP contribution is -2.09. The average molecular weight is 615 g/mol. The van der Waals surface area contributed by atoms with Gasteiger partial charge in [0.1, 0.15) is 35.4 Å². The largest absolute Gasteiger partial charge is 0.416 e.